The minimum Gasteiger partial charge on any atom is -0.289 e. The van der Waals surface area contributed by atoms with E-state index in [0.29, 0.717) is 24.2 Å². The zero-order chi connectivity index (χ0) is 12.7. The molecule has 4 nitrogen and oxygen atoms in total. The van der Waals surface area contributed by atoms with Gasteiger partial charge in [-0.2, -0.15) is 0 Å². The van der Waals surface area contributed by atoms with Gasteiger partial charge < -0.3 is 0 Å². The van der Waals surface area contributed by atoms with Crippen molar-refractivity contribution >= 4 is 0 Å². The Morgan fingerprint density at radius 3 is 1.29 bits per heavy atom. The Kier molecular flexibility index (Phi) is 3.78. The van der Waals surface area contributed by atoms with Gasteiger partial charge in [0.15, 0.2) is 0 Å². The van der Waals surface area contributed by atoms with Crippen molar-refractivity contribution in [2.24, 2.45) is 0 Å². The first-order valence-corrected chi connectivity index (χ1v) is 6.80. The summed E-state index contributed by atoms with van der Waals surface area (Å²) in [5, 5.41) is 0. The van der Waals surface area contributed by atoms with Crippen molar-refractivity contribution in [3.05, 3.63) is 0 Å². The topological polar surface area (TPSA) is 13.0 Å². The molecule has 4 unspecified atom stereocenters. The molecule has 0 aromatic heterocycles. The molecule has 0 aromatic carbocycles. The molecule has 0 aliphatic carbocycles. The third kappa shape index (κ3) is 2.36. The predicted octanol–water partition coefficient (Wildman–Crippen LogP) is 0.908. The van der Waals surface area contributed by atoms with Crippen molar-refractivity contribution in [3.63, 3.8) is 0 Å². The number of rotatable bonds is 2. The van der Waals surface area contributed by atoms with E-state index in [9.17, 15) is 0 Å². The molecule has 17 heavy (non-hydrogen) atoms. The summed E-state index contributed by atoms with van der Waals surface area (Å²) in [4.78, 5) is 10.1. The van der Waals surface area contributed by atoms with E-state index in [-0.39, 0.29) is 0 Å². The Morgan fingerprint density at radius 2 is 1.06 bits per heavy atom. The van der Waals surface area contributed by atoms with Gasteiger partial charge in [0.1, 0.15) is 0 Å². The molecule has 4 heteroatoms. The van der Waals surface area contributed by atoms with E-state index in [0.717, 1.165) is 20.0 Å². The summed E-state index contributed by atoms with van der Waals surface area (Å²) < 4.78 is 0. The number of likely N-dealkylation sites (N-methyl/N-ethyl adjacent to an activating group) is 2. The van der Waals surface area contributed by atoms with Crippen molar-refractivity contribution in [2.45, 2.75) is 51.9 Å². The first kappa shape index (κ1) is 13.3. The van der Waals surface area contributed by atoms with Crippen molar-refractivity contribution in [3.8, 4) is 0 Å². The summed E-state index contributed by atoms with van der Waals surface area (Å²) in [6, 6.07) is 2.66. The molecule has 0 N–H and O–H groups in total. The minimum atomic E-state index is 0.661. The van der Waals surface area contributed by atoms with Gasteiger partial charge in [-0.25, -0.2) is 0 Å². The number of hydrogen-bond donors (Lipinski definition) is 0. The van der Waals surface area contributed by atoms with Crippen LogP contribution < -0.4 is 0 Å². The molecule has 100 valence electrons. The maximum Gasteiger partial charge on any atom is 0.0536 e. The Balaban J connectivity index is 1.94. The van der Waals surface area contributed by atoms with Gasteiger partial charge in [-0.15, -0.1) is 0 Å². The van der Waals surface area contributed by atoms with E-state index >= 15 is 0 Å². The van der Waals surface area contributed by atoms with E-state index in [4.69, 9.17) is 0 Å². The molecule has 0 bridgehead atoms. The van der Waals surface area contributed by atoms with Crippen LogP contribution in [0.1, 0.15) is 27.7 Å². The lowest BCUT2D eigenvalue weighted by Gasteiger charge is -2.30. The molecular weight excluding hydrogens is 212 g/mol. The fraction of sp³-hybridized carbons (Fsp3) is 1.00. The Hall–Kier alpha value is -0.160. The highest BCUT2D eigenvalue weighted by Gasteiger charge is 2.37. The Bertz CT molecular complexity index is 244. The molecule has 0 amide bonds. The van der Waals surface area contributed by atoms with Crippen LogP contribution in [0.4, 0.5) is 0 Å². The third-order valence-electron chi connectivity index (χ3n) is 5.11. The summed E-state index contributed by atoms with van der Waals surface area (Å²) in [6.45, 7) is 12.7. The van der Waals surface area contributed by atoms with Crippen LogP contribution in [0.5, 0.6) is 0 Å². The van der Waals surface area contributed by atoms with E-state index in [1.807, 2.05) is 0 Å². The molecule has 2 rings (SSSR count). The summed E-state index contributed by atoms with van der Waals surface area (Å²) in [5.74, 6) is 0. The SMILES string of the molecule is CC1C(C)N(CN2CN(C)C(C)C2C)CN1C. The second-order valence-corrected chi connectivity index (χ2v) is 6.08. The molecule has 2 fully saturated rings. The second-order valence-electron chi connectivity index (χ2n) is 6.08. The minimum absolute atomic E-state index is 0.661. The zero-order valence-corrected chi connectivity index (χ0v) is 12.2. The van der Waals surface area contributed by atoms with Gasteiger partial charge in [-0.1, -0.05) is 0 Å². The first-order valence-electron chi connectivity index (χ1n) is 6.80. The highest BCUT2D eigenvalue weighted by atomic mass is 15.5. The third-order valence-corrected chi connectivity index (χ3v) is 5.11. The molecule has 2 saturated heterocycles. The van der Waals surface area contributed by atoms with Crippen molar-refractivity contribution < 1.29 is 0 Å². The standard InChI is InChI=1S/C13H28N4/c1-10-12(3)16(7-14(10)5)9-17-8-15(6)11(2)13(17)4/h10-13H,7-9H2,1-6H3. The summed E-state index contributed by atoms with van der Waals surface area (Å²) >= 11 is 0. The van der Waals surface area contributed by atoms with E-state index in [1.54, 1.807) is 0 Å². The van der Waals surface area contributed by atoms with Crippen molar-refractivity contribution in [1.29, 1.82) is 0 Å². The first-order chi connectivity index (χ1) is 7.91. The summed E-state index contributed by atoms with van der Waals surface area (Å²) in [5.41, 5.74) is 0. The molecule has 2 aliphatic heterocycles. The molecule has 4 atom stereocenters. The lowest BCUT2D eigenvalue weighted by Crippen LogP contribution is -2.43. The maximum atomic E-state index is 2.59. The zero-order valence-electron chi connectivity index (χ0n) is 12.2. The highest BCUT2D eigenvalue weighted by molar-refractivity contribution is 4.89. The fourth-order valence-electron chi connectivity index (χ4n) is 3.02. The van der Waals surface area contributed by atoms with Gasteiger partial charge in [0, 0.05) is 24.2 Å². The molecule has 2 aliphatic rings. The van der Waals surface area contributed by atoms with Gasteiger partial charge in [0.25, 0.3) is 0 Å². The van der Waals surface area contributed by atoms with Crippen LogP contribution in [0.15, 0.2) is 0 Å². The second kappa shape index (κ2) is 4.84. The van der Waals surface area contributed by atoms with E-state index in [2.05, 4.69) is 61.4 Å². The molecule has 2 heterocycles. The molecular formula is C13H28N4. The van der Waals surface area contributed by atoms with E-state index in [1.165, 1.54) is 0 Å². The van der Waals surface area contributed by atoms with E-state index < -0.39 is 0 Å². The Labute approximate surface area is 106 Å². The predicted molar refractivity (Wildman–Crippen MR) is 71.7 cm³/mol. The smallest absolute Gasteiger partial charge is 0.0536 e. The molecule has 0 aromatic rings. The van der Waals surface area contributed by atoms with Gasteiger partial charge in [0.05, 0.1) is 20.0 Å². The van der Waals surface area contributed by atoms with Crippen molar-refractivity contribution in [1.82, 2.24) is 19.6 Å². The van der Waals surface area contributed by atoms with Gasteiger partial charge >= 0.3 is 0 Å². The van der Waals surface area contributed by atoms with Crippen LogP contribution in [0.25, 0.3) is 0 Å². The average molecular weight is 240 g/mol. The average Bonchev–Trinajstić information content (AvgIpc) is 2.66. The largest absolute Gasteiger partial charge is 0.289 e. The van der Waals surface area contributed by atoms with Crippen LogP contribution in [0.2, 0.25) is 0 Å². The summed E-state index contributed by atoms with van der Waals surface area (Å²) in [7, 11) is 4.45. The van der Waals surface area contributed by atoms with Crippen LogP contribution in [0.3, 0.4) is 0 Å². The molecule has 0 spiro atoms. The Morgan fingerprint density at radius 1 is 0.706 bits per heavy atom. The molecule has 0 saturated carbocycles. The lowest BCUT2D eigenvalue weighted by atomic mass is 10.1. The lowest BCUT2D eigenvalue weighted by molar-refractivity contribution is 0.104. The monoisotopic (exact) mass is 240 g/mol. The van der Waals surface area contributed by atoms with Crippen LogP contribution in [-0.2, 0) is 0 Å². The maximum absolute atomic E-state index is 2.59. The number of nitrogens with zero attached hydrogens (tertiary/aromatic N) is 4. The van der Waals surface area contributed by atoms with Crippen molar-refractivity contribution in [2.75, 3.05) is 34.1 Å². The highest BCUT2D eigenvalue weighted by Crippen LogP contribution is 2.23. The normalized spacial score (nSPS) is 42.7. The van der Waals surface area contributed by atoms with Gasteiger partial charge in [-0.3, -0.25) is 19.6 Å². The summed E-state index contributed by atoms with van der Waals surface area (Å²) in [6.07, 6.45) is 0. The van der Waals surface area contributed by atoms with Crippen LogP contribution in [-0.4, -0.2) is 77.9 Å². The van der Waals surface area contributed by atoms with Crippen LogP contribution >= 0.6 is 0 Å². The van der Waals surface area contributed by atoms with Crippen LogP contribution in [0, 0.1) is 0 Å². The van der Waals surface area contributed by atoms with Gasteiger partial charge in [0.2, 0.25) is 0 Å². The quantitative estimate of drug-likeness (QED) is 0.711. The molecule has 0 radical (unpaired) electrons. The fourth-order valence-corrected chi connectivity index (χ4v) is 3.02. The van der Waals surface area contributed by atoms with Gasteiger partial charge in [-0.05, 0) is 41.8 Å². The number of hydrogen-bond acceptors (Lipinski definition) is 4.